The van der Waals surface area contributed by atoms with Crippen molar-refractivity contribution in [1.82, 2.24) is 4.72 Å². The number of sulfonamides is 1. The predicted molar refractivity (Wildman–Crippen MR) is 89.0 cm³/mol. The highest BCUT2D eigenvalue weighted by Crippen LogP contribution is 2.21. The van der Waals surface area contributed by atoms with Crippen molar-refractivity contribution in [2.24, 2.45) is 0 Å². The van der Waals surface area contributed by atoms with Gasteiger partial charge >= 0.3 is 0 Å². The zero-order chi connectivity index (χ0) is 17.0. The van der Waals surface area contributed by atoms with Crippen LogP contribution in [0.2, 0.25) is 0 Å². The third-order valence-corrected chi connectivity index (χ3v) is 5.23. The number of halogens is 2. The van der Waals surface area contributed by atoms with E-state index in [1.165, 1.54) is 6.92 Å². The predicted octanol–water partition coefficient (Wildman–Crippen LogP) is 2.89. The maximum Gasteiger partial charge on any atom is 0.242 e. The molecule has 5 nitrogen and oxygen atoms in total. The summed E-state index contributed by atoms with van der Waals surface area (Å²) in [7, 11) is -3.91. The lowest BCUT2D eigenvalue weighted by Gasteiger charge is -2.15. The molecule has 0 heterocycles. The number of nitrogens with one attached hydrogen (secondary N) is 2. The summed E-state index contributed by atoms with van der Waals surface area (Å²) in [6.07, 6.45) is 0. The number of amides is 1. The van der Waals surface area contributed by atoms with Gasteiger partial charge in [-0.15, -0.1) is 0 Å². The molecular formula is C15H14BrFN2O3S. The number of benzene rings is 2. The standard InChI is InChI=1S/C15H14BrFN2O3S/c1-10(15(20)18-14-5-3-2-4-13(14)16)19-23(21,22)12-8-6-11(17)7-9-12/h2-10,19H,1H3,(H,18,20)/t10-/m1/s1. The molecule has 0 aliphatic heterocycles. The molecule has 0 spiro atoms. The largest absolute Gasteiger partial charge is 0.324 e. The van der Waals surface area contributed by atoms with Gasteiger partial charge in [-0.05, 0) is 59.3 Å². The van der Waals surface area contributed by atoms with E-state index in [0.29, 0.717) is 10.2 Å². The molecule has 0 radical (unpaired) electrons. The second-order valence-electron chi connectivity index (χ2n) is 4.77. The van der Waals surface area contributed by atoms with Crippen molar-refractivity contribution in [3.8, 4) is 0 Å². The van der Waals surface area contributed by atoms with Gasteiger partial charge in [-0.25, -0.2) is 12.8 Å². The van der Waals surface area contributed by atoms with E-state index in [1.54, 1.807) is 24.3 Å². The molecule has 0 saturated carbocycles. The Morgan fingerprint density at radius 3 is 2.35 bits per heavy atom. The molecule has 2 aromatic carbocycles. The van der Waals surface area contributed by atoms with Gasteiger partial charge in [0, 0.05) is 4.47 Å². The Kier molecular flexibility index (Phi) is 5.51. The second kappa shape index (κ2) is 7.20. The fourth-order valence-corrected chi connectivity index (χ4v) is 3.36. The van der Waals surface area contributed by atoms with Crippen LogP contribution in [0.5, 0.6) is 0 Å². The van der Waals surface area contributed by atoms with Gasteiger partial charge in [-0.3, -0.25) is 4.79 Å². The van der Waals surface area contributed by atoms with Crippen LogP contribution >= 0.6 is 15.9 Å². The summed E-state index contributed by atoms with van der Waals surface area (Å²) in [4.78, 5) is 12.0. The molecule has 122 valence electrons. The lowest BCUT2D eigenvalue weighted by atomic mass is 10.3. The van der Waals surface area contributed by atoms with E-state index in [1.807, 2.05) is 0 Å². The molecule has 0 aromatic heterocycles. The molecule has 0 bridgehead atoms. The highest BCUT2D eigenvalue weighted by atomic mass is 79.9. The van der Waals surface area contributed by atoms with Crippen molar-refractivity contribution >= 4 is 37.5 Å². The summed E-state index contributed by atoms with van der Waals surface area (Å²) in [5.41, 5.74) is 0.533. The lowest BCUT2D eigenvalue weighted by molar-refractivity contribution is -0.117. The Morgan fingerprint density at radius 1 is 1.13 bits per heavy atom. The highest BCUT2D eigenvalue weighted by Gasteiger charge is 2.22. The van der Waals surface area contributed by atoms with E-state index in [0.717, 1.165) is 24.3 Å². The first-order valence-corrected chi connectivity index (χ1v) is 8.90. The third kappa shape index (κ3) is 4.60. The average Bonchev–Trinajstić information content (AvgIpc) is 2.49. The van der Waals surface area contributed by atoms with Gasteiger partial charge in [0.1, 0.15) is 5.82 Å². The summed E-state index contributed by atoms with van der Waals surface area (Å²) >= 11 is 3.29. The summed E-state index contributed by atoms with van der Waals surface area (Å²) in [5, 5.41) is 2.62. The minimum Gasteiger partial charge on any atom is -0.324 e. The number of hydrogen-bond donors (Lipinski definition) is 2. The van der Waals surface area contributed by atoms with Crippen LogP contribution in [-0.2, 0) is 14.8 Å². The Labute approximate surface area is 142 Å². The monoisotopic (exact) mass is 400 g/mol. The molecule has 0 aliphatic rings. The average molecular weight is 401 g/mol. The van der Waals surface area contributed by atoms with Crippen molar-refractivity contribution in [2.45, 2.75) is 17.9 Å². The van der Waals surface area contributed by atoms with Crippen molar-refractivity contribution in [2.75, 3.05) is 5.32 Å². The molecule has 2 rings (SSSR count). The molecule has 2 aromatic rings. The fraction of sp³-hybridized carbons (Fsp3) is 0.133. The Morgan fingerprint density at radius 2 is 1.74 bits per heavy atom. The van der Waals surface area contributed by atoms with Crippen molar-refractivity contribution < 1.29 is 17.6 Å². The number of carbonyl (C=O) groups is 1. The van der Waals surface area contributed by atoms with E-state index >= 15 is 0 Å². The normalized spacial score (nSPS) is 12.7. The van der Waals surface area contributed by atoms with Crippen LogP contribution in [-0.4, -0.2) is 20.4 Å². The summed E-state index contributed by atoms with van der Waals surface area (Å²) in [6.45, 7) is 1.42. The molecule has 0 fully saturated rings. The van der Waals surface area contributed by atoms with Crippen LogP contribution in [0.3, 0.4) is 0 Å². The molecule has 1 atom stereocenters. The fourth-order valence-electron chi connectivity index (χ4n) is 1.77. The van der Waals surface area contributed by atoms with E-state index < -0.39 is 27.8 Å². The van der Waals surface area contributed by atoms with E-state index in [-0.39, 0.29) is 4.90 Å². The molecule has 1 amide bonds. The van der Waals surface area contributed by atoms with E-state index in [2.05, 4.69) is 26.0 Å². The first-order valence-electron chi connectivity index (χ1n) is 6.63. The van der Waals surface area contributed by atoms with Crippen LogP contribution in [0, 0.1) is 5.82 Å². The van der Waals surface area contributed by atoms with Gasteiger partial charge in [0.2, 0.25) is 15.9 Å². The van der Waals surface area contributed by atoms with Gasteiger partial charge < -0.3 is 5.32 Å². The molecule has 0 unspecified atom stereocenters. The Balaban J connectivity index is 2.08. The number of hydrogen-bond acceptors (Lipinski definition) is 3. The molecule has 0 saturated heterocycles. The van der Waals surface area contributed by atoms with Crippen molar-refractivity contribution in [3.63, 3.8) is 0 Å². The molecule has 0 aliphatic carbocycles. The smallest absolute Gasteiger partial charge is 0.242 e. The van der Waals surface area contributed by atoms with Gasteiger partial charge in [-0.1, -0.05) is 12.1 Å². The Bertz CT molecular complexity index is 810. The van der Waals surface area contributed by atoms with Crippen molar-refractivity contribution in [1.29, 1.82) is 0 Å². The Hall–Kier alpha value is -1.77. The molecule has 8 heteroatoms. The topological polar surface area (TPSA) is 75.3 Å². The third-order valence-electron chi connectivity index (χ3n) is 2.98. The zero-order valence-electron chi connectivity index (χ0n) is 12.1. The van der Waals surface area contributed by atoms with E-state index in [9.17, 15) is 17.6 Å². The minimum absolute atomic E-state index is 0.112. The van der Waals surface area contributed by atoms with Gasteiger partial charge in [0.05, 0.1) is 16.6 Å². The van der Waals surface area contributed by atoms with Crippen molar-refractivity contribution in [3.05, 3.63) is 58.8 Å². The van der Waals surface area contributed by atoms with Crippen LogP contribution in [0.25, 0.3) is 0 Å². The van der Waals surface area contributed by atoms with Crippen LogP contribution in [0.15, 0.2) is 57.9 Å². The summed E-state index contributed by atoms with van der Waals surface area (Å²) in [5.74, 6) is -1.05. The molecular weight excluding hydrogens is 387 g/mol. The SMILES string of the molecule is C[C@@H](NS(=O)(=O)c1ccc(F)cc1)C(=O)Nc1ccccc1Br. The maximum atomic E-state index is 12.9. The maximum absolute atomic E-state index is 12.9. The molecule has 2 N–H and O–H groups in total. The molecule has 23 heavy (non-hydrogen) atoms. The highest BCUT2D eigenvalue weighted by molar-refractivity contribution is 9.10. The van der Waals surface area contributed by atoms with Crippen LogP contribution in [0.1, 0.15) is 6.92 Å². The summed E-state index contributed by atoms with van der Waals surface area (Å²) in [6, 6.07) is 10.3. The van der Waals surface area contributed by atoms with Gasteiger partial charge in [0.15, 0.2) is 0 Å². The van der Waals surface area contributed by atoms with Gasteiger partial charge in [0.25, 0.3) is 0 Å². The van der Waals surface area contributed by atoms with E-state index in [4.69, 9.17) is 0 Å². The number of para-hydroxylation sites is 1. The number of rotatable bonds is 5. The first-order chi connectivity index (χ1) is 10.8. The second-order valence-corrected chi connectivity index (χ2v) is 7.33. The van der Waals surface area contributed by atoms with Crippen LogP contribution in [0.4, 0.5) is 10.1 Å². The minimum atomic E-state index is -3.91. The number of anilines is 1. The lowest BCUT2D eigenvalue weighted by Crippen LogP contribution is -2.41. The van der Waals surface area contributed by atoms with Gasteiger partial charge in [-0.2, -0.15) is 4.72 Å². The number of carbonyl (C=O) groups excluding carboxylic acids is 1. The quantitative estimate of drug-likeness (QED) is 0.809. The first kappa shape index (κ1) is 17.6. The zero-order valence-corrected chi connectivity index (χ0v) is 14.5. The summed E-state index contributed by atoms with van der Waals surface area (Å²) < 4.78 is 40.1. The van der Waals surface area contributed by atoms with Crippen LogP contribution < -0.4 is 10.0 Å².